The van der Waals surface area contributed by atoms with Gasteiger partial charge in [0.2, 0.25) is 0 Å². The molecule has 0 saturated heterocycles. The van der Waals surface area contributed by atoms with Crippen molar-refractivity contribution in [1.29, 1.82) is 0 Å². The molecule has 0 aromatic heterocycles. The summed E-state index contributed by atoms with van der Waals surface area (Å²) in [5.74, 6) is 0.272. The van der Waals surface area contributed by atoms with E-state index in [4.69, 9.17) is 0 Å². The summed E-state index contributed by atoms with van der Waals surface area (Å²) in [6, 6.07) is 7.67. The Labute approximate surface area is 139 Å². The van der Waals surface area contributed by atoms with Crippen LogP contribution in [0, 0.1) is 0 Å². The SMILES string of the molecule is C=CCCC(O)CN(Cc1cccc(O)c1)C1CCC(O)CC1. The third-order valence-corrected chi connectivity index (χ3v) is 4.63. The number of benzene rings is 1. The molecule has 1 aromatic carbocycles. The molecule has 0 amide bonds. The first kappa shape index (κ1) is 18.0. The molecule has 0 heterocycles. The molecule has 0 spiro atoms. The second-order valence-corrected chi connectivity index (χ2v) is 6.58. The smallest absolute Gasteiger partial charge is 0.115 e. The number of hydrogen-bond acceptors (Lipinski definition) is 4. The Kier molecular flexibility index (Phi) is 7.09. The second kappa shape index (κ2) is 9.06. The van der Waals surface area contributed by atoms with E-state index in [0.29, 0.717) is 19.1 Å². The van der Waals surface area contributed by atoms with Crippen LogP contribution < -0.4 is 0 Å². The average molecular weight is 319 g/mol. The van der Waals surface area contributed by atoms with Crippen LogP contribution in [0.5, 0.6) is 5.75 Å². The van der Waals surface area contributed by atoms with Crippen molar-refractivity contribution in [2.24, 2.45) is 0 Å². The molecule has 1 saturated carbocycles. The van der Waals surface area contributed by atoms with Crippen LogP contribution in [0.4, 0.5) is 0 Å². The number of aromatic hydroxyl groups is 1. The first-order valence-corrected chi connectivity index (χ1v) is 8.57. The van der Waals surface area contributed by atoms with E-state index >= 15 is 0 Å². The molecular weight excluding hydrogens is 290 g/mol. The molecule has 0 bridgehead atoms. The lowest BCUT2D eigenvalue weighted by Crippen LogP contribution is -2.42. The van der Waals surface area contributed by atoms with Crippen LogP contribution in [0.1, 0.15) is 44.1 Å². The molecule has 4 heteroatoms. The maximum atomic E-state index is 10.3. The lowest BCUT2D eigenvalue weighted by atomic mass is 9.91. The molecule has 2 rings (SSSR count). The van der Waals surface area contributed by atoms with E-state index in [9.17, 15) is 15.3 Å². The summed E-state index contributed by atoms with van der Waals surface area (Å²) in [6.45, 7) is 5.03. The molecule has 4 nitrogen and oxygen atoms in total. The molecular formula is C19H29NO3. The van der Waals surface area contributed by atoms with Gasteiger partial charge in [-0.2, -0.15) is 0 Å². The molecule has 3 N–H and O–H groups in total. The zero-order valence-corrected chi connectivity index (χ0v) is 13.8. The highest BCUT2D eigenvalue weighted by Gasteiger charge is 2.26. The summed E-state index contributed by atoms with van der Waals surface area (Å²) >= 11 is 0. The van der Waals surface area contributed by atoms with Gasteiger partial charge in [-0.1, -0.05) is 18.2 Å². The maximum absolute atomic E-state index is 10.3. The fourth-order valence-corrected chi connectivity index (χ4v) is 3.33. The van der Waals surface area contributed by atoms with Crippen LogP contribution in [0.3, 0.4) is 0 Å². The highest BCUT2D eigenvalue weighted by Crippen LogP contribution is 2.25. The molecule has 0 radical (unpaired) electrons. The van der Waals surface area contributed by atoms with Gasteiger partial charge in [0.05, 0.1) is 12.2 Å². The van der Waals surface area contributed by atoms with Gasteiger partial charge in [0.1, 0.15) is 5.75 Å². The first-order chi connectivity index (χ1) is 11.1. The number of rotatable bonds is 8. The zero-order chi connectivity index (χ0) is 16.7. The molecule has 128 valence electrons. The molecule has 0 aliphatic heterocycles. The summed E-state index contributed by atoms with van der Waals surface area (Å²) in [5.41, 5.74) is 1.05. The number of phenolic OH excluding ortho intramolecular Hbond substituents is 1. The van der Waals surface area contributed by atoms with Crippen molar-refractivity contribution in [3.63, 3.8) is 0 Å². The lowest BCUT2D eigenvalue weighted by Gasteiger charge is -2.37. The highest BCUT2D eigenvalue weighted by atomic mass is 16.3. The number of aliphatic hydroxyl groups excluding tert-OH is 2. The summed E-state index contributed by atoms with van der Waals surface area (Å²) in [6.07, 6.45) is 6.35. The van der Waals surface area contributed by atoms with Crippen LogP contribution in [-0.2, 0) is 6.54 Å². The molecule has 1 unspecified atom stereocenters. The van der Waals surface area contributed by atoms with Crippen LogP contribution >= 0.6 is 0 Å². The van der Waals surface area contributed by atoms with E-state index in [2.05, 4.69) is 11.5 Å². The quantitative estimate of drug-likeness (QED) is 0.645. The Bertz CT molecular complexity index is 483. The van der Waals surface area contributed by atoms with E-state index in [-0.39, 0.29) is 18.0 Å². The van der Waals surface area contributed by atoms with Crippen molar-refractivity contribution in [3.8, 4) is 5.75 Å². The first-order valence-electron chi connectivity index (χ1n) is 8.57. The van der Waals surface area contributed by atoms with Gasteiger partial charge >= 0.3 is 0 Å². The topological polar surface area (TPSA) is 63.9 Å². The van der Waals surface area contributed by atoms with E-state index in [1.54, 1.807) is 12.1 Å². The molecule has 1 fully saturated rings. The van der Waals surface area contributed by atoms with E-state index in [1.165, 1.54) is 0 Å². The molecule has 23 heavy (non-hydrogen) atoms. The number of nitrogens with zero attached hydrogens (tertiary/aromatic N) is 1. The van der Waals surface area contributed by atoms with Gasteiger partial charge in [0.15, 0.2) is 0 Å². The Morgan fingerprint density at radius 3 is 2.65 bits per heavy atom. The second-order valence-electron chi connectivity index (χ2n) is 6.58. The van der Waals surface area contributed by atoms with Gasteiger partial charge in [0.25, 0.3) is 0 Å². The summed E-state index contributed by atoms with van der Waals surface area (Å²) in [4.78, 5) is 2.30. The highest BCUT2D eigenvalue weighted by molar-refractivity contribution is 5.27. The summed E-state index contributed by atoms with van der Waals surface area (Å²) < 4.78 is 0. The van der Waals surface area contributed by atoms with Gasteiger partial charge in [-0.25, -0.2) is 0 Å². The number of allylic oxidation sites excluding steroid dienone is 1. The minimum Gasteiger partial charge on any atom is -0.508 e. The van der Waals surface area contributed by atoms with Crippen LogP contribution in [0.15, 0.2) is 36.9 Å². The van der Waals surface area contributed by atoms with Gasteiger partial charge < -0.3 is 15.3 Å². The van der Waals surface area contributed by atoms with Crippen LogP contribution in [-0.4, -0.2) is 45.0 Å². The van der Waals surface area contributed by atoms with Crippen LogP contribution in [0.2, 0.25) is 0 Å². The molecule has 1 aliphatic carbocycles. The largest absolute Gasteiger partial charge is 0.508 e. The lowest BCUT2D eigenvalue weighted by molar-refractivity contribution is 0.0372. The minimum atomic E-state index is -0.378. The van der Waals surface area contributed by atoms with Crippen molar-refractivity contribution >= 4 is 0 Å². The predicted octanol–water partition coefficient (Wildman–Crippen LogP) is 2.82. The minimum absolute atomic E-state index is 0.181. The average Bonchev–Trinajstić information content (AvgIpc) is 2.53. The number of hydrogen-bond donors (Lipinski definition) is 3. The van der Waals surface area contributed by atoms with E-state index < -0.39 is 0 Å². The third-order valence-electron chi connectivity index (χ3n) is 4.63. The van der Waals surface area contributed by atoms with Crippen molar-refractivity contribution in [1.82, 2.24) is 4.90 Å². The van der Waals surface area contributed by atoms with Crippen LogP contribution in [0.25, 0.3) is 0 Å². The van der Waals surface area contributed by atoms with Gasteiger partial charge in [-0.05, 0) is 56.2 Å². The van der Waals surface area contributed by atoms with Gasteiger partial charge in [-0.3, -0.25) is 4.90 Å². The molecule has 1 atom stereocenters. The van der Waals surface area contributed by atoms with Crippen molar-refractivity contribution in [2.45, 2.75) is 63.3 Å². The number of aliphatic hydroxyl groups is 2. The number of phenols is 1. The van der Waals surface area contributed by atoms with E-state index in [0.717, 1.165) is 44.1 Å². The van der Waals surface area contributed by atoms with Crippen molar-refractivity contribution < 1.29 is 15.3 Å². The fraction of sp³-hybridized carbons (Fsp3) is 0.579. The molecule has 1 aliphatic rings. The van der Waals surface area contributed by atoms with Gasteiger partial charge in [-0.15, -0.1) is 6.58 Å². The Morgan fingerprint density at radius 1 is 1.26 bits per heavy atom. The Hall–Kier alpha value is -1.36. The Morgan fingerprint density at radius 2 is 2.00 bits per heavy atom. The normalized spacial score (nSPS) is 22.9. The molecule has 1 aromatic rings. The maximum Gasteiger partial charge on any atom is 0.115 e. The van der Waals surface area contributed by atoms with Gasteiger partial charge in [0, 0.05) is 19.1 Å². The predicted molar refractivity (Wildman–Crippen MR) is 92.2 cm³/mol. The van der Waals surface area contributed by atoms with E-state index in [1.807, 2.05) is 18.2 Å². The van der Waals surface area contributed by atoms with Crippen molar-refractivity contribution in [3.05, 3.63) is 42.5 Å². The monoisotopic (exact) mass is 319 g/mol. The third kappa shape index (κ3) is 5.98. The Balaban J connectivity index is 2.02. The summed E-state index contributed by atoms with van der Waals surface area (Å²) in [7, 11) is 0. The fourth-order valence-electron chi connectivity index (χ4n) is 3.33. The van der Waals surface area contributed by atoms with Crippen molar-refractivity contribution in [2.75, 3.05) is 6.54 Å². The summed E-state index contributed by atoms with van der Waals surface area (Å²) in [5, 5.41) is 29.7. The zero-order valence-electron chi connectivity index (χ0n) is 13.8. The standard InChI is InChI=1S/C19H29NO3/c1-2-3-6-19(23)14-20(16-8-10-17(21)11-9-16)13-15-5-4-7-18(22)12-15/h2,4-5,7,12,16-17,19,21-23H,1,3,6,8-11,13-14H2.